The highest BCUT2D eigenvalue weighted by atomic mass is 32.2. The van der Waals surface area contributed by atoms with Gasteiger partial charge in [0.05, 0.1) is 24.2 Å². The molecule has 1 atom stereocenters. The smallest absolute Gasteiger partial charge is 0.410 e. The van der Waals surface area contributed by atoms with Crippen LogP contribution in [0, 0.1) is 5.92 Å². The molecule has 1 N–H and O–H groups in total. The van der Waals surface area contributed by atoms with Gasteiger partial charge in [-0.15, -0.1) is 0 Å². The predicted octanol–water partition coefficient (Wildman–Crippen LogP) is 1.66. The van der Waals surface area contributed by atoms with E-state index in [0.717, 1.165) is 11.8 Å². The Labute approximate surface area is 165 Å². The lowest BCUT2D eigenvalue weighted by Gasteiger charge is -2.34. The van der Waals surface area contributed by atoms with E-state index in [4.69, 9.17) is 13.5 Å². The molecule has 0 bridgehead atoms. The first-order chi connectivity index (χ1) is 12.9. The summed E-state index contributed by atoms with van der Waals surface area (Å²) in [5.74, 6) is -1.15. The Bertz CT molecular complexity index is 843. The molecule has 0 aliphatic heterocycles. The molecule has 0 aromatic heterocycles. The molecule has 158 valence electrons. The van der Waals surface area contributed by atoms with Gasteiger partial charge in [0.25, 0.3) is 20.2 Å². The van der Waals surface area contributed by atoms with E-state index in [1.54, 1.807) is 0 Å². The molecule has 11 heteroatoms. The molecule has 1 aromatic carbocycles. The first-order valence-corrected chi connectivity index (χ1v) is 12.1. The van der Waals surface area contributed by atoms with Crippen LogP contribution < -0.4 is 0 Å². The third-order valence-corrected chi connectivity index (χ3v) is 6.19. The maximum absolute atomic E-state index is 12.5. The van der Waals surface area contributed by atoms with Gasteiger partial charge >= 0.3 is 6.09 Å². The normalized spacial score (nSPS) is 17.0. The molecule has 1 aliphatic rings. The van der Waals surface area contributed by atoms with Gasteiger partial charge in [0.15, 0.2) is 0 Å². The average Bonchev–Trinajstić information content (AvgIpc) is 3.39. The highest BCUT2D eigenvalue weighted by Gasteiger charge is 2.55. The summed E-state index contributed by atoms with van der Waals surface area (Å²) in [5.41, 5.74) is 0.0424. The molecule has 1 saturated carbocycles. The van der Waals surface area contributed by atoms with E-state index in [1.165, 1.54) is 11.9 Å². The molecular weight excluding hydrogens is 410 g/mol. The molecule has 1 fully saturated rings. The fourth-order valence-electron chi connectivity index (χ4n) is 3.15. The first kappa shape index (κ1) is 22.6. The summed E-state index contributed by atoms with van der Waals surface area (Å²) in [6, 6.07) is 9.12. The number of rotatable bonds is 10. The van der Waals surface area contributed by atoms with Crippen molar-refractivity contribution >= 4 is 26.3 Å². The van der Waals surface area contributed by atoms with E-state index in [1.807, 2.05) is 30.3 Å². The van der Waals surface area contributed by atoms with Crippen LogP contribution in [0.25, 0.3) is 0 Å². The third kappa shape index (κ3) is 6.73. The topological polar surface area (TPSA) is 127 Å². The Kier molecular flexibility index (Phi) is 7.07. The minimum atomic E-state index is -4.24. The maximum Gasteiger partial charge on any atom is 0.410 e. The van der Waals surface area contributed by atoms with Crippen molar-refractivity contribution in [3.63, 3.8) is 0 Å². The van der Waals surface area contributed by atoms with Crippen LogP contribution in [-0.4, -0.2) is 63.6 Å². The van der Waals surface area contributed by atoms with Crippen LogP contribution in [0.3, 0.4) is 0 Å². The third-order valence-electron chi connectivity index (χ3n) is 4.88. The van der Waals surface area contributed by atoms with Crippen molar-refractivity contribution in [2.45, 2.75) is 31.4 Å². The van der Waals surface area contributed by atoms with Crippen molar-refractivity contribution in [1.82, 2.24) is 4.90 Å². The van der Waals surface area contributed by atoms with E-state index in [0.29, 0.717) is 12.8 Å². The van der Waals surface area contributed by atoms with Crippen molar-refractivity contribution < 1.29 is 35.1 Å². The van der Waals surface area contributed by atoms with Crippen LogP contribution in [0.2, 0.25) is 0 Å². The Balaban J connectivity index is 2.07. The number of benzene rings is 1. The number of hydrogen-bond donors (Lipinski definition) is 1. The van der Waals surface area contributed by atoms with Crippen molar-refractivity contribution in [1.29, 1.82) is 0 Å². The number of ether oxygens (including phenoxy) is 1. The van der Waals surface area contributed by atoms with Gasteiger partial charge < -0.3 is 9.64 Å². The molecule has 0 heterocycles. The van der Waals surface area contributed by atoms with E-state index >= 15 is 0 Å². The minimum absolute atomic E-state index is 0.0509. The number of amides is 1. The molecule has 28 heavy (non-hydrogen) atoms. The summed E-state index contributed by atoms with van der Waals surface area (Å²) < 4.78 is 64.2. The van der Waals surface area contributed by atoms with E-state index in [9.17, 15) is 21.6 Å². The van der Waals surface area contributed by atoms with Gasteiger partial charge in [-0.3, -0.25) is 8.74 Å². The fraction of sp³-hybridized carbons (Fsp3) is 0.588. The molecule has 0 spiro atoms. The lowest BCUT2D eigenvalue weighted by molar-refractivity contribution is 0.0610. The highest BCUT2D eigenvalue weighted by Crippen LogP contribution is 2.49. The molecule has 0 radical (unpaired) electrons. The number of hydrogen-bond acceptors (Lipinski definition) is 7. The Hall–Kier alpha value is -1.69. The van der Waals surface area contributed by atoms with Crippen molar-refractivity contribution in [3.8, 4) is 0 Å². The summed E-state index contributed by atoms with van der Waals surface area (Å²) >= 11 is 0. The average molecular weight is 436 g/mol. The second-order valence-electron chi connectivity index (χ2n) is 6.96. The molecule has 1 unspecified atom stereocenters. The SMILES string of the molecule is CN(C(=O)OCc1ccccc1)C1(C(CCS(=O)(=O)O)COS(C)(=O)=O)CC1. The number of nitrogens with zero attached hydrogens (tertiary/aromatic N) is 1. The molecule has 1 amide bonds. The number of carbonyl (C=O) groups is 1. The minimum Gasteiger partial charge on any atom is -0.445 e. The van der Waals surface area contributed by atoms with Crippen molar-refractivity contribution in [3.05, 3.63) is 35.9 Å². The zero-order valence-electron chi connectivity index (χ0n) is 15.8. The second-order valence-corrected chi connectivity index (χ2v) is 10.2. The van der Waals surface area contributed by atoms with E-state index < -0.39 is 43.5 Å². The van der Waals surface area contributed by atoms with Crippen LogP contribution in [0.15, 0.2) is 30.3 Å². The van der Waals surface area contributed by atoms with E-state index in [-0.39, 0.29) is 19.6 Å². The second kappa shape index (κ2) is 8.76. The monoisotopic (exact) mass is 435 g/mol. The highest BCUT2D eigenvalue weighted by molar-refractivity contribution is 7.86. The van der Waals surface area contributed by atoms with Gasteiger partial charge in [-0.05, 0) is 24.8 Å². The van der Waals surface area contributed by atoms with Gasteiger partial charge in [-0.1, -0.05) is 30.3 Å². The summed E-state index contributed by atoms with van der Waals surface area (Å²) in [7, 11) is -6.45. The largest absolute Gasteiger partial charge is 0.445 e. The Morgan fingerprint density at radius 3 is 2.32 bits per heavy atom. The standard InChI is InChI=1S/C17H25NO8S2/c1-18(16(19)25-12-14-6-4-3-5-7-14)17(9-10-17)15(8-11-28(22,23)24)13-26-27(2,20)21/h3-7,15H,8-13H2,1-2H3,(H,22,23,24). The molecule has 9 nitrogen and oxygen atoms in total. The summed E-state index contributed by atoms with van der Waals surface area (Å²) in [6.07, 6.45) is 1.34. The van der Waals surface area contributed by atoms with Crippen LogP contribution in [0.4, 0.5) is 4.79 Å². The van der Waals surface area contributed by atoms with E-state index in [2.05, 4.69) is 0 Å². The fourth-order valence-corrected chi connectivity index (χ4v) is 4.14. The van der Waals surface area contributed by atoms with Crippen molar-refractivity contribution in [2.75, 3.05) is 25.7 Å². The zero-order chi connectivity index (χ0) is 21.0. The Morgan fingerprint density at radius 2 is 1.82 bits per heavy atom. The van der Waals surface area contributed by atoms with Crippen LogP contribution in [0.5, 0.6) is 0 Å². The predicted molar refractivity (Wildman–Crippen MR) is 102 cm³/mol. The number of carbonyl (C=O) groups excluding carboxylic acids is 1. The maximum atomic E-state index is 12.5. The van der Waals surface area contributed by atoms with Gasteiger partial charge in [0.2, 0.25) is 0 Å². The van der Waals surface area contributed by atoms with Gasteiger partial charge in [-0.2, -0.15) is 16.8 Å². The molecule has 1 aliphatic carbocycles. The van der Waals surface area contributed by atoms with Crippen LogP contribution >= 0.6 is 0 Å². The van der Waals surface area contributed by atoms with Crippen molar-refractivity contribution in [2.24, 2.45) is 5.92 Å². The molecule has 0 saturated heterocycles. The van der Waals surface area contributed by atoms with Gasteiger partial charge in [0, 0.05) is 13.0 Å². The first-order valence-electron chi connectivity index (χ1n) is 8.67. The quantitative estimate of drug-likeness (QED) is 0.434. The Morgan fingerprint density at radius 1 is 1.21 bits per heavy atom. The van der Waals surface area contributed by atoms with Crippen LogP contribution in [-0.2, 0) is 35.8 Å². The summed E-state index contributed by atoms with van der Waals surface area (Å²) in [4.78, 5) is 13.9. The summed E-state index contributed by atoms with van der Waals surface area (Å²) in [6.45, 7) is -0.208. The van der Waals surface area contributed by atoms with Gasteiger partial charge in [0.1, 0.15) is 6.61 Å². The molecule has 2 rings (SSSR count). The lowest BCUT2D eigenvalue weighted by atomic mass is 9.94. The lowest BCUT2D eigenvalue weighted by Crippen LogP contribution is -2.46. The van der Waals surface area contributed by atoms with Gasteiger partial charge in [-0.25, -0.2) is 4.79 Å². The van der Waals surface area contributed by atoms with Crippen LogP contribution in [0.1, 0.15) is 24.8 Å². The summed E-state index contributed by atoms with van der Waals surface area (Å²) in [5, 5.41) is 0. The molecular formula is C17H25NO8S2. The zero-order valence-corrected chi connectivity index (χ0v) is 17.4. The molecule has 1 aromatic rings.